The second-order valence-electron chi connectivity index (χ2n) is 5.24. The minimum absolute atomic E-state index is 0.0810. The molecule has 0 radical (unpaired) electrons. The van der Waals surface area contributed by atoms with Crippen molar-refractivity contribution in [3.05, 3.63) is 54.1 Å². The summed E-state index contributed by atoms with van der Waals surface area (Å²) in [6, 6.07) is 15.0. The first-order valence-corrected chi connectivity index (χ1v) is 8.43. The smallest absolute Gasteiger partial charge is 0.264 e. The van der Waals surface area contributed by atoms with Crippen LogP contribution in [0, 0.1) is 6.92 Å². The molecule has 1 amide bonds. The average Bonchev–Trinajstić information content (AvgIpc) is 3.09. The fourth-order valence-electron chi connectivity index (χ4n) is 2.14. The van der Waals surface area contributed by atoms with Crippen LogP contribution in [0.5, 0.6) is 11.5 Å². The Hall–Kier alpha value is -2.93. The molecule has 0 aliphatic carbocycles. The molecule has 0 saturated heterocycles. The molecular formula is C18H17N3O3S. The Morgan fingerprint density at radius 2 is 1.88 bits per heavy atom. The van der Waals surface area contributed by atoms with E-state index in [0.717, 1.165) is 21.9 Å². The number of hydrogen-bond donors (Lipinski definition) is 1. The highest BCUT2D eigenvalue weighted by molar-refractivity contribution is 7.18. The van der Waals surface area contributed by atoms with Crippen LogP contribution < -0.4 is 14.8 Å². The van der Waals surface area contributed by atoms with Gasteiger partial charge in [0, 0.05) is 5.56 Å². The highest BCUT2D eigenvalue weighted by Crippen LogP contribution is 2.27. The normalized spacial score (nSPS) is 10.3. The van der Waals surface area contributed by atoms with Crippen molar-refractivity contribution in [3.63, 3.8) is 0 Å². The van der Waals surface area contributed by atoms with E-state index in [9.17, 15) is 4.79 Å². The lowest BCUT2D eigenvalue weighted by atomic mass is 10.2. The highest BCUT2D eigenvalue weighted by Gasteiger charge is 2.11. The van der Waals surface area contributed by atoms with Crippen molar-refractivity contribution in [2.45, 2.75) is 6.92 Å². The molecule has 7 heteroatoms. The zero-order valence-corrected chi connectivity index (χ0v) is 14.7. The molecule has 6 nitrogen and oxygen atoms in total. The number of carbonyl (C=O) groups is 1. The van der Waals surface area contributed by atoms with E-state index in [1.165, 1.54) is 11.3 Å². The standard InChI is InChI=1S/C18H17N3O3S/c1-12-5-3-4-6-15(12)24-11-16(22)19-18-21-20-17(25-18)13-7-9-14(23-2)10-8-13/h3-10H,11H2,1-2H3,(H,19,21,22). The van der Waals surface area contributed by atoms with Gasteiger partial charge in [-0.2, -0.15) is 0 Å². The van der Waals surface area contributed by atoms with Gasteiger partial charge in [0.1, 0.15) is 16.5 Å². The summed E-state index contributed by atoms with van der Waals surface area (Å²) in [6.45, 7) is 1.85. The van der Waals surface area contributed by atoms with Crippen LogP contribution in [0.1, 0.15) is 5.56 Å². The van der Waals surface area contributed by atoms with Gasteiger partial charge in [0.25, 0.3) is 5.91 Å². The van der Waals surface area contributed by atoms with Gasteiger partial charge in [-0.3, -0.25) is 10.1 Å². The molecule has 0 unspecified atom stereocenters. The maximum atomic E-state index is 12.0. The van der Waals surface area contributed by atoms with Gasteiger partial charge in [0.15, 0.2) is 6.61 Å². The molecule has 0 aliphatic heterocycles. The van der Waals surface area contributed by atoms with Gasteiger partial charge in [-0.25, -0.2) is 0 Å². The number of nitrogens with one attached hydrogen (secondary N) is 1. The van der Waals surface area contributed by atoms with E-state index in [2.05, 4.69) is 15.5 Å². The Morgan fingerprint density at radius 3 is 2.60 bits per heavy atom. The van der Waals surface area contributed by atoms with Crippen molar-refractivity contribution < 1.29 is 14.3 Å². The summed E-state index contributed by atoms with van der Waals surface area (Å²) in [5.41, 5.74) is 1.89. The molecule has 0 fully saturated rings. The molecule has 0 aliphatic rings. The van der Waals surface area contributed by atoms with Crippen molar-refractivity contribution in [1.29, 1.82) is 0 Å². The molecule has 3 aromatic rings. The number of nitrogens with zero attached hydrogens (tertiary/aromatic N) is 2. The van der Waals surface area contributed by atoms with Crippen molar-refractivity contribution in [3.8, 4) is 22.1 Å². The zero-order chi connectivity index (χ0) is 17.6. The molecule has 128 valence electrons. The van der Waals surface area contributed by atoms with Crippen LogP contribution >= 0.6 is 11.3 Å². The number of rotatable bonds is 6. The van der Waals surface area contributed by atoms with E-state index < -0.39 is 0 Å². The number of anilines is 1. The number of amides is 1. The predicted molar refractivity (Wildman–Crippen MR) is 97.2 cm³/mol. The first-order valence-electron chi connectivity index (χ1n) is 7.62. The average molecular weight is 355 g/mol. The monoisotopic (exact) mass is 355 g/mol. The summed E-state index contributed by atoms with van der Waals surface area (Å²) in [7, 11) is 1.62. The first kappa shape index (κ1) is 16.9. The van der Waals surface area contributed by atoms with Crippen LogP contribution in [-0.4, -0.2) is 29.8 Å². The Morgan fingerprint density at radius 1 is 1.12 bits per heavy atom. The molecule has 0 atom stereocenters. The van der Waals surface area contributed by atoms with E-state index in [0.29, 0.717) is 10.9 Å². The number of hydrogen-bond acceptors (Lipinski definition) is 6. The number of aromatic nitrogens is 2. The van der Waals surface area contributed by atoms with Gasteiger partial charge in [0.2, 0.25) is 5.13 Å². The third kappa shape index (κ3) is 4.33. The van der Waals surface area contributed by atoms with Crippen LogP contribution in [0.15, 0.2) is 48.5 Å². The Labute approximate surface area is 149 Å². The van der Waals surface area contributed by atoms with Gasteiger partial charge in [-0.15, -0.1) is 10.2 Å². The van der Waals surface area contributed by atoms with Crippen molar-refractivity contribution in [2.75, 3.05) is 19.0 Å². The highest BCUT2D eigenvalue weighted by atomic mass is 32.1. The number of para-hydroxylation sites is 1. The van der Waals surface area contributed by atoms with E-state index in [4.69, 9.17) is 9.47 Å². The van der Waals surface area contributed by atoms with E-state index >= 15 is 0 Å². The molecule has 1 aromatic heterocycles. The summed E-state index contributed by atoms with van der Waals surface area (Å²) in [4.78, 5) is 12.0. The van der Waals surface area contributed by atoms with Crippen LogP contribution in [0.3, 0.4) is 0 Å². The fourth-order valence-corrected chi connectivity index (χ4v) is 2.91. The summed E-state index contributed by atoms with van der Waals surface area (Å²) in [5, 5.41) is 12.0. The minimum Gasteiger partial charge on any atom is -0.497 e. The number of benzene rings is 2. The van der Waals surface area contributed by atoms with Crippen molar-refractivity contribution in [1.82, 2.24) is 10.2 Å². The Bertz CT molecular complexity index is 862. The Balaban J connectivity index is 1.59. The molecule has 3 rings (SSSR count). The second kappa shape index (κ2) is 7.76. The maximum absolute atomic E-state index is 12.0. The van der Waals surface area contributed by atoms with Gasteiger partial charge in [-0.05, 0) is 42.8 Å². The maximum Gasteiger partial charge on any atom is 0.264 e. The lowest BCUT2D eigenvalue weighted by Gasteiger charge is -2.07. The summed E-state index contributed by atoms with van der Waals surface area (Å²) in [6.07, 6.45) is 0. The SMILES string of the molecule is COc1ccc(-c2nnc(NC(=O)COc3ccccc3C)s2)cc1. The van der Waals surface area contributed by atoms with Crippen LogP contribution in [0.25, 0.3) is 10.6 Å². The second-order valence-corrected chi connectivity index (χ2v) is 6.22. The molecule has 0 bridgehead atoms. The molecule has 25 heavy (non-hydrogen) atoms. The summed E-state index contributed by atoms with van der Waals surface area (Å²) < 4.78 is 10.6. The first-order chi connectivity index (χ1) is 12.2. The van der Waals surface area contributed by atoms with E-state index in [1.807, 2.05) is 55.5 Å². The molecule has 1 N–H and O–H groups in total. The largest absolute Gasteiger partial charge is 0.497 e. The Kier molecular flexibility index (Phi) is 5.25. The molecule has 1 heterocycles. The number of carbonyl (C=O) groups excluding carboxylic acids is 1. The van der Waals surface area contributed by atoms with Gasteiger partial charge in [0.05, 0.1) is 7.11 Å². The number of methoxy groups -OCH3 is 1. The lowest BCUT2D eigenvalue weighted by Crippen LogP contribution is -2.20. The quantitative estimate of drug-likeness (QED) is 0.732. The van der Waals surface area contributed by atoms with Gasteiger partial charge >= 0.3 is 0 Å². The third-order valence-corrected chi connectivity index (χ3v) is 4.35. The summed E-state index contributed by atoms with van der Waals surface area (Å²) >= 11 is 1.30. The van der Waals surface area contributed by atoms with Crippen LogP contribution in [0.2, 0.25) is 0 Å². The topological polar surface area (TPSA) is 73.3 Å². The number of ether oxygens (including phenoxy) is 2. The van der Waals surface area contributed by atoms with Crippen molar-refractivity contribution in [2.24, 2.45) is 0 Å². The van der Waals surface area contributed by atoms with Crippen LogP contribution in [-0.2, 0) is 4.79 Å². The molecule has 2 aromatic carbocycles. The zero-order valence-electron chi connectivity index (χ0n) is 13.9. The third-order valence-electron chi connectivity index (χ3n) is 3.46. The molecular weight excluding hydrogens is 338 g/mol. The van der Waals surface area contributed by atoms with Crippen LogP contribution in [0.4, 0.5) is 5.13 Å². The molecule has 0 spiro atoms. The molecule has 0 saturated carbocycles. The minimum atomic E-state index is -0.277. The van der Waals surface area contributed by atoms with Gasteiger partial charge in [-0.1, -0.05) is 29.5 Å². The van der Waals surface area contributed by atoms with E-state index in [1.54, 1.807) is 7.11 Å². The summed E-state index contributed by atoms with van der Waals surface area (Å²) in [5.74, 6) is 1.18. The van der Waals surface area contributed by atoms with Gasteiger partial charge < -0.3 is 9.47 Å². The number of aryl methyl sites for hydroxylation is 1. The van der Waals surface area contributed by atoms with E-state index in [-0.39, 0.29) is 12.5 Å². The van der Waals surface area contributed by atoms with Crippen molar-refractivity contribution >= 4 is 22.4 Å². The fraction of sp³-hybridized carbons (Fsp3) is 0.167. The predicted octanol–water partition coefficient (Wildman–Crippen LogP) is 3.54. The lowest BCUT2D eigenvalue weighted by molar-refractivity contribution is -0.118.